The molecule has 1 aliphatic rings. The van der Waals surface area contributed by atoms with Gasteiger partial charge < -0.3 is 14.8 Å². The summed E-state index contributed by atoms with van der Waals surface area (Å²) >= 11 is 0. The lowest BCUT2D eigenvalue weighted by Gasteiger charge is -2.21. The first kappa shape index (κ1) is 20.9. The summed E-state index contributed by atoms with van der Waals surface area (Å²) in [6.07, 6.45) is -4.49. The lowest BCUT2D eigenvalue weighted by molar-refractivity contribution is -0.137. The van der Waals surface area contributed by atoms with Gasteiger partial charge in [0.25, 0.3) is 0 Å². The van der Waals surface area contributed by atoms with Crippen molar-refractivity contribution in [2.45, 2.75) is 11.1 Å². The van der Waals surface area contributed by atoms with Gasteiger partial charge in [-0.2, -0.15) is 17.5 Å². The van der Waals surface area contributed by atoms with Crippen LogP contribution in [0.1, 0.15) is 5.56 Å². The van der Waals surface area contributed by atoms with Gasteiger partial charge >= 0.3 is 6.18 Å². The topological polar surface area (TPSA) is 84.9 Å². The number of hydrogen-bond donors (Lipinski definition) is 1. The van der Waals surface area contributed by atoms with E-state index in [-0.39, 0.29) is 10.6 Å². The minimum absolute atomic E-state index is 0.0772. The highest BCUT2D eigenvalue weighted by molar-refractivity contribution is 7.89. The highest BCUT2D eigenvalue weighted by atomic mass is 32.2. The van der Waals surface area contributed by atoms with Gasteiger partial charge in [0.2, 0.25) is 15.9 Å². The molecule has 0 fully saturated rings. The van der Waals surface area contributed by atoms with Gasteiger partial charge in [-0.05, 0) is 36.4 Å². The SMILES string of the molecule is CN(CC(=O)Nc1ccc(C(F)(F)F)cc1)S(=O)(=O)c1ccc2c(c1)OCCO2. The normalized spacial score (nSPS) is 14.0. The number of ether oxygens (including phenoxy) is 2. The third-order valence-corrected chi connectivity index (χ3v) is 5.88. The van der Waals surface area contributed by atoms with Crippen LogP contribution < -0.4 is 14.8 Å². The zero-order chi connectivity index (χ0) is 21.2. The van der Waals surface area contributed by atoms with Crippen molar-refractivity contribution in [2.75, 3.05) is 32.1 Å². The van der Waals surface area contributed by atoms with Gasteiger partial charge in [0.1, 0.15) is 13.2 Å². The van der Waals surface area contributed by atoms with Crippen molar-refractivity contribution in [1.82, 2.24) is 4.31 Å². The summed E-state index contributed by atoms with van der Waals surface area (Å²) in [4.78, 5) is 12.1. The number of nitrogens with one attached hydrogen (secondary N) is 1. The molecule has 1 amide bonds. The number of nitrogens with zero attached hydrogens (tertiary/aromatic N) is 1. The van der Waals surface area contributed by atoms with Crippen LogP contribution in [-0.2, 0) is 21.0 Å². The minimum atomic E-state index is -4.49. The first-order chi connectivity index (χ1) is 13.6. The number of alkyl halides is 3. The second-order valence-corrected chi connectivity index (χ2v) is 8.23. The highest BCUT2D eigenvalue weighted by Gasteiger charge is 2.30. The van der Waals surface area contributed by atoms with Gasteiger partial charge in [0, 0.05) is 18.8 Å². The van der Waals surface area contributed by atoms with Crippen molar-refractivity contribution in [3.8, 4) is 11.5 Å². The van der Waals surface area contributed by atoms with Crippen LogP contribution >= 0.6 is 0 Å². The lowest BCUT2D eigenvalue weighted by Crippen LogP contribution is -2.35. The highest BCUT2D eigenvalue weighted by Crippen LogP contribution is 2.33. The number of amides is 1. The molecule has 0 atom stereocenters. The maximum absolute atomic E-state index is 12.7. The average Bonchev–Trinajstić information content (AvgIpc) is 2.67. The predicted molar refractivity (Wildman–Crippen MR) is 97.3 cm³/mol. The molecule has 1 heterocycles. The second-order valence-electron chi connectivity index (χ2n) is 6.19. The largest absolute Gasteiger partial charge is 0.486 e. The van der Waals surface area contributed by atoms with E-state index in [1.165, 1.54) is 25.2 Å². The van der Waals surface area contributed by atoms with Gasteiger partial charge in [-0.1, -0.05) is 0 Å². The molecule has 3 rings (SSSR count). The van der Waals surface area contributed by atoms with Gasteiger partial charge in [-0.15, -0.1) is 0 Å². The van der Waals surface area contributed by atoms with E-state index < -0.39 is 34.2 Å². The van der Waals surface area contributed by atoms with Crippen molar-refractivity contribution in [3.63, 3.8) is 0 Å². The van der Waals surface area contributed by atoms with E-state index in [0.717, 1.165) is 28.6 Å². The van der Waals surface area contributed by atoms with E-state index in [0.29, 0.717) is 24.7 Å². The Bertz CT molecular complexity index is 1010. The Kier molecular flexibility index (Phi) is 5.71. The molecule has 11 heteroatoms. The van der Waals surface area contributed by atoms with Crippen LogP contribution in [0.15, 0.2) is 47.4 Å². The molecular formula is C18H17F3N2O5S. The molecule has 0 aromatic heterocycles. The predicted octanol–water partition coefficient (Wildman–Crippen LogP) is 2.74. The van der Waals surface area contributed by atoms with Crippen LogP contribution in [0.3, 0.4) is 0 Å². The monoisotopic (exact) mass is 430 g/mol. The number of halogens is 3. The molecule has 7 nitrogen and oxygen atoms in total. The number of anilines is 1. The van der Waals surface area contributed by atoms with Crippen LogP contribution in [0.4, 0.5) is 18.9 Å². The summed E-state index contributed by atoms with van der Waals surface area (Å²) < 4.78 is 74.6. The smallest absolute Gasteiger partial charge is 0.416 e. The molecule has 29 heavy (non-hydrogen) atoms. The average molecular weight is 430 g/mol. The van der Waals surface area contributed by atoms with Crippen molar-refractivity contribution < 1.29 is 35.9 Å². The Morgan fingerprint density at radius 1 is 1.07 bits per heavy atom. The molecule has 2 aromatic rings. The summed E-state index contributed by atoms with van der Waals surface area (Å²) in [7, 11) is -2.78. The Labute approximate surface area is 165 Å². The quantitative estimate of drug-likeness (QED) is 0.789. The Morgan fingerprint density at radius 2 is 1.69 bits per heavy atom. The zero-order valence-electron chi connectivity index (χ0n) is 15.2. The number of carbonyl (C=O) groups is 1. The number of rotatable bonds is 5. The molecule has 1 N–H and O–H groups in total. The molecule has 156 valence electrons. The standard InChI is InChI=1S/C18H17F3N2O5S/c1-23(11-17(24)22-13-4-2-12(3-5-13)18(19,20)21)29(25,26)14-6-7-15-16(10-14)28-9-8-27-15/h2-7,10H,8-9,11H2,1H3,(H,22,24). The van der Waals surface area contributed by atoms with Crippen LogP contribution in [-0.4, -0.2) is 45.4 Å². The molecule has 0 radical (unpaired) electrons. The van der Waals surface area contributed by atoms with Gasteiger partial charge in [0.15, 0.2) is 11.5 Å². The summed E-state index contributed by atoms with van der Waals surface area (Å²) in [5.41, 5.74) is -0.734. The number of likely N-dealkylation sites (N-methyl/N-ethyl adjacent to an activating group) is 1. The summed E-state index contributed by atoms with van der Waals surface area (Å²) in [6.45, 7) is 0.128. The fourth-order valence-electron chi connectivity index (χ4n) is 2.59. The minimum Gasteiger partial charge on any atom is -0.486 e. The second kappa shape index (κ2) is 7.91. The van der Waals surface area contributed by atoms with Crippen molar-refractivity contribution in [1.29, 1.82) is 0 Å². The molecule has 0 saturated carbocycles. The first-order valence-electron chi connectivity index (χ1n) is 8.40. The Balaban J connectivity index is 1.67. The number of benzene rings is 2. The maximum atomic E-state index is 12.7. The fraction of sp³-hybridized carbons (Fsp3) is 0.278. The van der Waals surface area contributed by atoms with Crippen LogP contribution in [0.2, 0.25) is 0 Å². The summed E-state index contributed by atoms with van der Waals surface area (Å²) in [5, 5.41) is 2.37. The van der Waals surface area contributed by atoms with E-state index in [1.54, 1.807) is 0 Å². The van der Waals surface area contributed by atoms with Crippen LogP contribution in [0.25, 0.3) is 0 Å². The molecule has 0 saturated heterocycles. The molecule has 1 aliphatic heterocycles. The molecular weight excluding hydrogens is 413 g/mol. The fourth-order valence-corrected chi connectivity index (χ4v) is 3.74. The van der Waals surface area contributed by atoms with E-state index in [4.69, 9.17) is 9.47 Å². The molecule has 0 aliphatic carbocycles. The summed E-state index contributed by atoms with van der Waals surface area (Å²) in [5.74, 6) is 0.0196. The Hall–Kier alpha value is -2.79. The number of fused-ring (bicyclic) bond motifs is 1. The Morgan fingerprint density at radius 3 is 2.31 bits per heavy atom. The third kappa shape index (κ3) is 4.80. The van der Waals surface area contributed by atoms with E-state index in [2.05, 4.69) is 5.32 Å². The zero-order valence-corrected chi connectivity index (χ0v) is 16.0. The number of hydrogen-bond acceptors (Lipinski definition) is 5. The van der Waals surface area contributed by atoms with Gasteiger partial charge in [-0.3, -0.25) is 4.79 Å². The van der Waals surface area contributed by atoms with Gasteiger partial charge in [-0.25, -0.2) is 8.42 Å². The maximum Gasteiger partial charge on any atom is 0.416 e. The van der Waals surface area contributed by atoms with Crippen LogP contribution in [0, 0.1) is 0 Å². The van der Waals surface area contributed by atoms with E-state index >= 15 is 0 Å². The molecule has 0 spiro atoms. The lowest BCUT2D eigenvalue weighted by atomic mass is 10.2. The van der Waals surface area contributed by atoms with E-state index in [1.807, 2.05) is 0 Å². The van der Waals surface area contributed by atoms with Crippen molar-refractivity contribution in [2.24, 2.45) is 0 Å². The van der Waals surface area contributed by atoms with Crippen molar-refractivity contribution in [3.05, 3.63) is 48.0 Å². The van der Waals surface area contributed by atoms with Crippen LogP contribution in [0.5, 0.6) is 11.5 Å². The third-order valence-electron chi connectivity index (χ3n) is 4.08. The molecule has 2 aromatic carbocycles. The summed E-state index contributed by atoms with van der Waals surface area (Å²) in [6, 6.07) is 7.96. The molecule has 0 bridgehead atoms. The van der Waals surface area contributed by atoms with E-state index in [9.17, 15) is 26.4 Å². The van der Waals surface area contributed by atoms with Crippen molar-refractivity contribution >= 4 is 21.6 Å². The van der Waals surface area contributed by atoms with Gasteiger partial charge in [0.05, 0.1) is 17.0 Å². The number of sulfonamides is 1. The first-order valence-corrected chi connectivity index (χ1v) is 9.84. The molecule has 0 unspecified atom stereocenters. The number of carbonyl (C=O) groups excluding carboxylic acids is 1.